The molecule has 7 rings (SSSR count). The van der Waals surface area contributed by atoms with Crippen molar-refractivity contribution in [3.8, 4) is 0 Å². The van der Waals surface area contributed by atoms with E-state index in [1.165, 1.54) is 75.3 Å². The van der Waals surface area contributed by atoms with Gasteiger partial charge in [0.2, 0.25) is 5.91 Å². The van der Waals surface area contributed by atoms with Crippen molar-refractivity contribution in [3.63, 3.8) is 0 Å². The number of aryl methyl sites for hydroxylation is 1. The van der Waals surface area contributed by atoms with Crippen LogP contribution in [0.15, 0.2) is 48.5 Å². The molecule has 0 aromatic heterocycles. The maximum absolute atomic E-state index is 14.3. The quantitative estimate of drug-likeness (QED) is 0.337. The van der Waals surface area contributed by atoms with Gasteiger partial charge >= 0.3 is 0 Å². The second kappa shape index (κ2) is 11.8. The van der Waals surface area contributed by atoms with Gasteiger partial charge in [0.15, 0.2) is 0 Å². The van der Waals surface area contributed by atoms with Crippen molar-refractivity contribution in [1.82, 2.24) is 5.32 Å². The summed E-state index contributed by atoms with van der Waals surface area (Å²) >= 11 is 0. The van der Waals surface area contributed by atoms with E-state index in [4.69, 9.17) is 0 Å². The molecule has 5 saturated carbocycles. The Bertz CT molecular complexity index is 1480. The van der Waals surface area contributed by atoms with Crippen molar-refractivity contribution in [2.45, 2.75) is 118 Å². The number of carbonyl (C=O) groups is 2. The summed E-state index contributed by atoms with van der Waals surface area (Å²) in [6.45, 7) is 13.2. The third-order valence-corrected chi connectivity index (χ3v) is 14.9. The Labute approximate surface area is 278 Å². The summed E-state index contributed by atoms with van der Waals surface area (Å²) in [7, 11) is 0. The summed E-state index contributed by atoms with van der Waals surface area (Å²) in [5, 5.41) is 6.43. The molecule has 0 saturated heterocycles. The van der Waals surface area contributed by atoms with Gasteiger partial charge in [0.25, 0.3) is 5.91 Å². The SMILES string of the molecule is Cc1cccc(CCNC(=O)c2cccc(NC(=O)C34CCCC3C3CCC5C(C)(CCC6C(C)(C)CCCC65C)C3CC4)c2)c1. The number of hydrogen-bond acceptors (Lipinski definition) is 2. The second-order valence-electron chi connectivity index (χ2n) is 17.6. The van der Waals surface area contributed by atoms with Gasteiger partial charge in [-0.3, -0.25) is 9.59 Å². The van der Waals surface area contributed by atoms with E-state index in [2.05, 4.69) is 69.5 Å². The second-order valence-corrected chi connectivity index (χ2v) is 17.6. The van der Waals surface area contributed by atoms with E-state index in [0.29, 0.717) is 40.2 Å². The van der Waals surface area contributed by atoms with Gasteiger partial charge in [0, 0.05) is 17.8 Å². The molecular formula is C42H58N2O2. The van der Waals surface area contributed by atoms with Crippen molar-refractivity contribution < 1.29 is 9.59 Å². The first-order valence-electron chi connectivity index (χ1n) is 18.7. The lowest BCUT2D eigenvalue weighted by Crippen LogP contribution is -2.61. The average Bonchev–Trinajstić information content (AvgIpc) is 3.47. The van der Waals surface area contributed by atoms with Crippen molar-refractivity contribution in [2.24, 2.45) is 51.2 Å². The van der Waals surface area contributed by atoms with Crippen LogP contribution in [-0.4, -0.2) is 18.4 Å². The molecule has 0 bridgehead atoms. The molecule has 5 aliphatic carbocycles. The van der Waals surface area contributed by atoms with E-state index in [9.17, 15) is 9.59 Å². The zero-order valence-corrected chi connectivity index (χ0v) is 29.2. The molecule has 8 unspecified atom stereocenters. The van der Waals surface area contributed by atoms with Crippen molar-refractivity contribution in [2.75, 3.05) is 11.9 Å². The first-order valence-corrected chi connectivity index (χ1v) is 18.7. The molecular weight excluding hydrogens is 564 g/mol. The van der Waals surface area contributed by atoms with Crippen LogP contribution < -0.4 is 10.6 Å². The normalized spacial score (nSPS) is 37.6. The Balaban J connectivity index is 1.03. The highest BCUT2D eigenvalue weighted by Crippen LogP contribution is 2.73. The average molecular weight is 623 g/mol. The predicted molar refractivity (Wildman–Crippen MR) is 188 cm³/mol. The van der Waals surface area contributed by atoms with Crippen LogP contribution in [-0.2, 0) is 11.2 Å². The molecule has 248 valence electrons. The number of amides is 2. The summed E-state index contributed by atoms with van der Waals surface area (Å²) < 4.78 is 0. The Kier molecular flexibility index (Phi) is 8.21. The fraction of sp³-hybridized carbons (Fsp3) is 0.667. The van der Waals surface area contributed by atoms with E-state index < -0.39 is 0 Å². The van der Waals surface area contributed by atoms with Crippen molar-refractivity contribution in [1.29, 1.82) is 0 Å². The number of nitrogens with one attached hydrogen (secondary N) is 2. The highest BCUT2D eigenvalue weighted by Gasteiger charge is 2.66. The molecule has 4 nitrogen and oxygen atoms in total. The molecule has 2 N–H and O–H groups in total. The minimum atomic E-state index is -0.260. The minimum Gasteiger partial charge on any atom is -0.352 e. The smallest absolute Gasteiger partial charge is 0.251 e. The summed E-state index contributed by atoms with van der Waals surface area (Å²) in [5.41, 5.74) is 4.90. The van der Waals surface area contributed by atoms with Crippen LogP contribution in [0.4, 0.5) is 5.69 Å². The van der Waals surface area contributed by atoms with Crippen LogP contribution in [0.5, 0.6) is 0 Å². The molecule has 4 heteroatoms. The largest absolute Gasteiger partial charge is 0.352 e. The molecule has 0 radical (unpaired) electrons. The molecule has 2 amide bonds. The van der Waals surface area contributed by atoms with E-state index in [0.717, 1.165) is 42.7 Å². The van der Waals surface area contributed by atoms with Gasteiger partial charge in [-0.15, -0.1) is 0 Å². The van der Waals surface area contributed by atoms with Crippen molar-refractivity contribution >= 4 is 17.5 Å². The minimum absolute atomic E-state index is 0.0871. The highest BCUT2D eigenvalue weighted by molar-refractivity contribution is 5.99. The van der Waals surface area contributed by atoms with Crippen LogP contribution in [0.25, 0.3) is 0 Å². The number of benzene rings is 2. The summed E-state index contributed by atoms with van der Waals surface area (Å²) in [5.74, 6) is 3.72. The number of fused-ring (bicyclic) bond motifs is 7. The van der Waals surface area contributed by atoms with E-state index in [-0.39, 0.29) is 17.2 Å². The molecule has 5 fully saturated rings. The van der Waals surface area contributed by atoms with Gasteiger partial charge in [-0.2, -0.15) is 0 Å². The summed E-state index contributed by atoms with van der Waals surface area (Å²) in [4.78, 5) is 27.4. The standard InChI is InChI=1S/C42H58N2O2/c1-28-10-6-11-29(26-28)19-25-43-37(45)30-12-7-13-31(27-30)44-38(46)42-22-8-14-34(42)32-15-16-36-40(4,33(32)17-24-42)23-18-35-39(2,3)20-9-21-41(35,36)5/h6-7,10-13,26-27,32-36H,8-9,14-25H2,1-5H3,(H,43,45)(H,44,46). The molecule has 0 spiro atoms. The van der Waals surface area contributed by atoms with Gasteiger partial charge in [-0.05, 0) is 147 Å². The molecule has 0 heterocycles. The van der Waals surface area contributed by atoms with Crippen LogP contribution >= 0.6 is 0 Å². The van der Waals surface area contributed by atoms with Crippen LogP contribution in [0.1, 0.15) is 126 Å². The Morgan fingerprint density at radius 2 is 1.59 bits per heavy atom. The first kappa shape index (κ1) is 32.0. The molecule has 8 atom stereocenters. The van der Waals surface area contributed by atoms with Gasteiger partial charge in [0.05, 0.1) is 5.41 Å². The van der Waals surface area contributed by atoms with Crippen LogP contribution in [0, 0.1) is 58.2 Å². The lowest BCUT2D eigenvalue weighted by Gasteiger charge is -2.68. The molecule has 2 aromatic rings. The molecule has 0 aliphatic heterocycles. The maximum atomic E-state index is 14.3. The maximum Gasteiger partial charge on any atom is 0.251 e. The highest BCUT2D eigenvalue weighted by atomic mass is 16.2. The Hall–Kier alpha value is -2.62. The molecule has 46 heavy (non-hydrogen) atoms. The monoisotopic (exact) mass is 622 g/mol. The Morgan fingerprint density at radius 1 is 0.761 bits per heavy atom. The van der Waals surface area contributed by atoms with Gasteiger partial charge in [0.1, 0.15) is 0 Å². The number of carbonyl (C=O) groups excluding carboxylic acids is 2. The molecule has 5 aliphatic rings. The van der Waals surface area contributed by atoms with Gasteiger partial charge in [-0.1, -0.05) is 76.4 Å². The fourth-order valence-corrected chi connectivity index (χ4v) is 13.0. The number of hydrogen-bond donors (Lipinski definition) is 2. The first-order chi connectivity index (χ1) is 22.0. The van der Waals surface area contributed by atoms with E-state index >= 15 is 0 Å². The zero-order chi connectivity index (χ0) is 32.3. The van der Waals surface area contributed by atoms with Gasteiger partial charge in [-0.25, -0.2) is 0 Å². The lowest BCUT2D eigenvalue weighted by molar-refractivity contribution is -0.195. The zero-order valence-electron chi connectivity index (χ0n) is 29.2. The third-order valence-electron chi connectivity index (χ3n) is 14.9. The number of anilines is 1. The summed E-state index contributed by atoms with van der Waals surface area (Å²) in [6, 6.07) is 16.0. The van der Waals surface area contributed by atoms with E-state index in [1.54, 1.807) is 0 Å². The fourth-order valence-electron chi connectivity index (χ4n) is 13.0. The molecule has 2 aromatic carbocycles. The van der Waals surface area contributed by atoms with E-state index in [1.807, 2.05) is 24.3 Å². The number of rotatable bonds is 6. The predicted octanol–water partition coefficient (Wildman–Crippen LogP) is 9.76. The van der Waals surface area contributed by atoms with Gasteiger partial charge < -0.3 is 10.6 Å². The lowest BCUT2D eigenvalue weighted by atomic mass is 9.36. The summed E-state index contributed by atoms with van der Waals surface area (Å²) in [6.07, 6.45) is 16.1. The van der Waals surface area contributed by atoms with Crippen LogP contribution in [0.2, 0.25) is 0 Å². The Morgan fingerprint density at radius 3 is 2.41 bits per heavy atom. The van der Waals surface area contributed by atoms with Crippen molar-refractivity contribution in [3.05, 3.63) is 65.2 Å². The van der Waals surface area contributed by atoms with Crippen LogP contribution in [0.3, 0.4) is 0 Å². The third kappa shape index (κ3) is 5.25. The topological polar surface area (TPSA) is 58.2 Å².